The summed E-state index contributed by atoms with van der Waals surface area (Å²) in [7, 11) is 1.33. The fraction of sp³-hybridized carbons (Fsp3) is 0.333. The SMILES string of the molecule is COC(=O)c1sc2ccccc2c1NC(=O)C1(N)CCC1. The largest absolute Gasteiger partial charge is 0.465 e. The van der Waals surface area contributed by atoms with Crippen LogP contribution in [0.4, 0.5) is 5.69 Å². The third-order valence-corrected chi connectivity index (χ3v) is 5.05. The molecule has 0 aliphatic heterocycles. The van der Waals surface area contributed by atoms with Crippen molar-refractivity contribution >= 4 is 39.0 Å². The summed E-state index contributed by atoms with van der Waals surface area (Å²) in [6, 6.07) is 7.54. The van der Waals surface area contributed by atoms with Crippen LogP contribution in [0.2, 0.25) is 0 Å². The van der Waals surface area contributed by atoms with E-state index in [1.54, 1.807) is 0 Å². The highest BCUT2D eigenvalue weighted by Gasteiger charge is 2.40. The molecule has 1 aromatic carbocycles. The zero-order valence-corrected chi connectivity index (χ0v) is 12.5. The molecule has 2 aromatic rings. The minimum atomic E-state index is -0.809. The molecule has 0 radical (unpaired) electrons. The van der Waals surface area contributed by atoms with Gasteiger partial charge < -0.3 is 15.8 Å². The van der Waals surface area contributed by atoms with E-state index in [1.807, 2.05) is 24.3 Å². The first-order chi connectivity index (χ1) is 10.0. The van der Waals surface area contributed by atoms with Crippen molar-refractivity contribution in [2.24, 2.45) is 5.73 Å². The van der Waals surface area contributed by atoms with Gasteiger partial charge >= 0.3 is 5.97 Å². The summed E-state index contributed by atoms with van der Waals surface area (Å²) in [4.78, 5) is 24.7. The highest BCUT2D eigenvalue weighted by atomic mass is 32.1. The molecule has 1 fully saturated rings. The summed E-state index contributed by atoms with van der Waals surface area (Å²) in [5.41, 5.74) is 5.74. The molecule has 3 rings (SSSR count). The first-order valence-electron chi connectivity index (χ1n) is 6.75. The van der Waals surface area contributed by atoms with Gasteiger partial charge in [0, 0.05) is 10.1 Å². The lowest BCUT2D eigenvalue weighted by atomic mass is 9.77. The number of rotatable bonds is 3. The Balaban J connectivity index is 2.03. The van der Waals surface area contributed by atoms with Gasteiger partial charge in [-0.05, 0) is 25.3 Å². The van der Waals surface area contributed by atoms with Crippen molar-refractivity contribution in [3.63, 3.8) is 0 Å². The Hall–Kier alpha value is -1.92. The Bertz CT molecular complexity index is 719. The second kappa shape index (κ2) is 5.13. The summed E-state index contributed by atoms with van der Waals surface area (Å²) in [6.45, 7) is 0. The lowest BCUT2D eigenvalue weighted by Crippen LogP contribution is -2.56. The average molecular weight is 304 g/mol. The normalized spacial score (nSPS) is 16.3. The summed E-state index contributed by atoms with van der Waals surface area (Å²) >= 11 is 1.30. The molecular formula is C15H16N2O3S. The van der Waals surface area contributed by atoms with Gasteiger partial charge in [0.05, 0.1) is 18.3 Å². The molecule has 0 saturated heterocycles. The number of carbonyl (C=O) groups is 2. The fourth-order valence-corrected chi connectivity index (χ4v) is 3.51. The van der Waals surface area contributed by atoms with Crippen molar-refractivity contribution in [3.05, 3.63) is 29.1 Å². The van der Waals surface area contributed by atoms with Crippen molar-refractivity contribution in [1.82, 2.24) is 0 Å². The Labute approximate surface area is 126 Å². The predicted molar refractivity (Wildman–Crippen MR) is 82.6 cm³/mol. The second-order valence-corrected chi connectivity index (χ2v) is 6.31. The molecule has 110 valence electrons. The van der Waals surface area contributed by atoms with Crippen LogP contribution in [-0.2, 0) is 9.53 Å². The highest BCUT2D eigenvalue weighted by molar-refractivity contribution is 7.21. The molecule has 6 heteroatoms. The van der Waals surface area contributed by atoms with Crippen molar-refractivity contribution in [1.29, 1.82) is 0 Å². The number of hydrogen-bond acceptors (Lipinski definition) is 5. The maximum absolute atomic E-state index is 12.3. The number of ether oxygens (including phenoxy) is 1. The number of esters is 1. The number of carbonyl (C=O) groups excluding carboxylic acids is 2. The lowest BCUT2D eigenvalue weighted by Gasteiger charge is -2.36. The molecule has 0 unspecified atom stereocenters. The van der Waals surface area contributed by atoms with E-state index in [0.717, 1.165) is 16.5 Å². The van der Waals surface area contributed by atoms with Gasteiger partial charge in [0.2, 0.25) is 5.91 Å². The molecule has 0 spiro atoms. The molecule has 5 nitrogen and oxygen atoms in total. The fourth-order valence-electron chi connectivity index (χ4n) is 2.43. The van der Waals surface area contributed by atoms with E-state index in [1.165, 1.54) is 18.4 Å². The second-order valence-electron chi connectivity index (χ2n) is 5.26. The third-order valence-electron chi connectivity index (χ3n) is 3.90. The molecule has 3 N–H and O–H groups in total. The van der Waals surface area contributed by atoms with Crippen molar-refractivity contribution in [2.45, 2.75) is 24.8 Å². The van der Waals surface area contributed by atoms with E-state index in [-0.39, 0.29) is 5.91 Å². The highest BCUT2D eigenvalue weighted by Crippen LogP contribution is 2.38. The minimum absolute atomic E-state index is 0.234. The summed E-state index contributed by atoms with van der Waals surface area (Å²) in [5, 5.41) is 3.67. The average Bonchev–Trinajstić information content (AvgIpc) is 2.83. The molecule has 21 heavy (non-hydrogen) atoms. The molecular weight excluding hydrogens is 288 g/mol. The summed E-state index contributed by atoms with van der Waals surface area (Å²) in [6.07, 6.45) is 2.31. The molecule has 1 amide bonds. The van der Waals surface area contributed by atoms with Crippen LogP contribution in [0.25, 0.3) is 10.1 Å². The maximum Gasteiger partial charge on any atom is 0.350 e. The van der Waals surface area contributed by atoms with Crippen molar-refractivity contribution < 1.29 is 14.3 Å². The Morgan fingerprint density at radius 2 is 2.05 bits per heavy atom. The van der Waals surface area contributed by atoms with Crippen LogP contribution in [0.1, 0.15) is 28.9 Å². The zero-order chi connectivity index (χ0) is 15.0. The third kappa shape index (κ3) is 2.30. The van der Waals surface area contributed by atoms with Crippen LogP contribution in [0.15, 0.2) is 24.3 Å². The monoisotopic (exact) mass is 304 g/mol. The number of amides is 1. The first kappa shape index (κ1) is 14.0. The van der Waals surface area contributed by atoms with Gasteiger partial charge in [-0.15, -0.1) is 11.3 Å². The van der Waals surface area contributed by atoms with Crippen LogP contribution < -0.4 is 11.1 Å². The Morgan fingerprint density at radius 1 is 1.33 bits per heavy atom. The molecule has 1 saturated carbocycles. The van der Waals surface area contributed by atoms with Crippen LogP contribution >= 0.6 is 11.3 Å². The van der Waals surface area contributed by atoms with E-state index in [4.69, 9.17) is 10.5 Å². The van der Waals surface area contributed by atoms with E-state index in [9.17, 15) is 9.59 Å². The number of methoxy groups -OCH3 is 1. The topological polar surface area (TPSA) is 81.4 Å². The smallest absolute Gasteiger partial charge is 0.350 e. The van der Waals surface area contributed by atoms with Crippen molar-refractivity contribution in [2.75, 3.05) is 12.4 Å². The van der Waals surface area contributed by atoms with E-state index in [0.29, 0.717) is 23.4 Å². The molecule has 1 heterocycles. The van der Waals surface area contributed by atoms with Crippen LogP contribution in [-0.4, -0.2) is 24.5 Å². The van der Waals surface area contributed by atoms with Crippen LogP contribution in [0.5, 0.6) is 0 Å². The Kier molecular flexibility index (Phi) is 3.43. The molecule has 0 bridgehead atoms. The number of anilines is 1. The van der Waals surface area contributed by atoms with Gasteiger partial charge in [0.1, 0.15) is 4.88 Å². The van der Waals surface area contributed by atoms with Gasteiger partial charge in [-0.25, -0.2) is 4.79 Å². The molecule has 1 aliphatic carbocycles. The maximum atomic E-state index is 12.3. The number of fused-ring (bicyclic) bond motifs is 1. The van der Waals surface area contributed by atoms with Crippen molar-refractivity contribution in [3.8, 4) is 0 Å². The van der Waals surface area contributed by atoms with E-state index in [2.05, 4.69) is 5.32 Å². The van der Waals surface area contributed by atoms with E-state index >= 15 is 0 Å². The van der Waals surface area contributed by atoms with Crippen LogP contribution in [0.3, 0.4) is 0 Å². The van der Waals surface area contributed by atoms with Gasteiger partial charge in [0.25, 0.3) is 0 Å². The van der Waals surface area contributed by atoms with Gasteiger partial charge in [-0.3, -0.25) is 4.79 Å². The van der Waals surface area contributed by atoms with E-state index < -0.39 is 11.5 Å². The van der Waals surface area contributed by atoms with Gasteiger partial charge in [-0.2, -0.15) is 0 Å². The summed E-state index contributed by atoms with van der Waals surface area (Å²) < 4.78 is 5.73. The lowest BCUT2D eigenvalue weighted by molar-refractivity contribution is -0.123. The molecule has 1 aliphatic rings. The Morgan fingerprint density at radius 3 is 2.67 bits per heavy atom. The molecule has 0 atom stereocenters. The van der Waals surface area contributed by atoms with Gasteiger partial charge in [-0.1, -0.05) is 18.2 Å². The first-order valence-corrected chi connectivity index (χ1v) is 7.57. The standard InChI is InChI=1S/C15H16N2O3S/c1-20-13(18)12-11(9-5-2-3-6-10(9)21-12)17-14(19)15(16)7-4-8-15/h2-3,5-6H,4,7-8,16H2,1H3,(H,17,19). The zero-order valence-electron chi connectivity index (χ0n) is 11.6. The van der Waals surface area contributed by atoms with Gasteiger partial charge in [0.15, 0.2) is 0 Å². The summed E-state index contributed by atoms with van der Waals surface area (Å²) in [5.74, 6) is -0.686. The number of benzene rings is 1. The number of nitrogens with one attached hydrogen (secondary N) is 1. The quantitative estimate of drug-likeness (QED) is 0.854. The predicted octanol–water partition coefficient (Wildman–Crippen LogP) is 2.51. The van der Waals surface area contributed by atoms with Crippen LogP contribution in [0, 0.1) is 0 Å². The minimum Gasteiger partial charge on any atom is -0.465 e. The number of thiophene rings is 1. The number of nitrogens with two attached hydrogens (primary N) is 1. The number of hydrogen-bond donors (Lipinski definition) is 2. The molecule has 1 aromatic heterocycles.